The average Bonchev–Trinajstić information content (AvgIpc) is 3.63. The fourth-order valence-electron chi connectivity index (χ4n) is 10.3. The highest BCUT2D eigenvalue weighted by atomic mass is 35.5. The lowest BCUT2D eigenvalue weighted by Gasteiger charge is -2.27. The topological polar surface area (TPSA) is 55.7 Å². The first-order valence-electron chi connectivity index (χ1n) is 22.8. The predicted octanol–water partition coefficient (Wildman–Crippen LogP) is 8.81. The number of carbonyl (C=O) groups excluding carboxylic acids is 2. The lowest BCUT2D eigenvalue weighted by atomic mass is 9.79. The summed E-state index contributed by atoms with van der Waals surface area (Å²) in [6, 6.07) is 42.2. The van der Waals surface area contributed by atoms with Gasteiger partial charge in [0.05, 0.1) is 17.6 Å². The van der Waals surface area contributed by atoms with E-state index in [1.807, 2.05) is 48.5 Å². The summed E-state index contributed by atoms with van der Waals surface area (Å²) in [5.74, 6) is 6.47. The van der Waals surface area contributed by atoms with Crippen LogP contribution in [0.4, 0.5) is 17.1 Å². The van der Waals surface area contributed by atoms with Crippen molar-refractivity contribution >= 4 is 56.1 Å². The van der Waals surface area contributed by atoms with E-state index in [0.29, 0.717) is 19.5 Å². The number of anilines is 2. The summed E-state index contributed by atoms with van der Waals surface area (Å²) in [7, 11) is 2.18. The molecule has 2 amide bonds. The molecule has 0 fully saturated rings. The van der Waals surface area contributed by atoms with E-state index in [1.165, 1.54) is 55.5 Å². The Kier molecular flexibility index (Phi) is 13.0. The Morgan fingerprint density at radius 2 is 1.34 bits per heavy atom. The zero-order valence-corrected chi connectivity index (χ0v) is 38.9. The molecule has 0 aromatic heterocycles. The quantitative estimate of drug-likeness (QED) is 0.0580. The van der Waals surface area contributed by atoms with Crippen molar-refractivity contribution < 1.29 is 26.6 Å². The molecule has 3 aliphatic heterocycles. The Balaban J connectivity index is 0.00000576. The maximum atomic E-state index is 13.6. The largest absolute Gasteiger partial charge is 1.00 e. The van der Waals surface area contributed by atoms with Gasteiger partial charge in [-0.15, -0.1) is 0 Å². The number of allylic oxidation sites excluding steroid dienone is 6. The van der Waals surface area contributed by atoms with Gasteiger partial charge in [0.25, 0.3) is 0 Å². The summed E-state index contributed by atoms with van der Waals surface area (Å²) >= 11 is 0. The third-order valence-electron chi connectivity index (χ3n) is 13.5. The zero-order valence-electron chi connectivity index (χ0n) is 38.1. The molecule has 0 unspecified atom stereocenters. The average molecular weight is 878 g/mol. The van der Waals surface area contributed by atoms with Gasteiger partial charge in [-0.1, -0.05) is 135 Å². The lowest BCUT2D eigenvalue weighted by Crippen LogP contribution is -3.00. The zero-order chi connectivity index (χ0) is 44.4. The van der Waals surface area contributed by atoms with Gasteiger partial charge in [-0.05, 0) is 95.8 Å². The summed E-state index contributed by atoms with van der Waals surface area (Å²) in [4.78, 5) is 31.0. The third kappa shape index (κ3) is 8.66. The third-order valence-corrected chi connectivity index (χ3v) is 13.5. The Morgan fingerprint density at radius 3 is 2.12 bits per heavy atom. The number of hydrogen-bond donors (Lipinski definition) is 1. The second-order valence-corrected chi connectivity index (χ2v) is 18.3. The van der Waals surface area contributed by atoms with Crippen LogP contribution in [0.5, 0.6) is 0 Å². The van der Waals surface area contributed by atoms with E-state index >= 15 is 0 Å². The number of carbonyl (C=O) groups is 2. The van der Waals surface area contributed by atoms with Crippen LogP contribution in [-0.2, 0) is 27.0 Å². The molecule has 6 aromatic carbocycles. The predicted molar refractivity (Wildman–Crippen MR) is 265 cm³/mol. The van der Waals surface area contributed by atoms with Gasteiger partial charge in [0.1, 0.15) is 7.05 Å². The molecule has 0 saturated carbocycles. The molecule has 9 rings (SSSR count). The van der Waals surface area contributed by atoms with Gasteiger partial charge in [0.15, 0.2) is 5.71 Å². The van der Waals surface area contributed by atoms with Gasteiger partial charge in [-0.3, -0.25) is 9.59 Å². The number of amides is 2. The Labute approximate surface area is 390 Å². The van der Waals surface area contributed by atoms with Crippen molar-refractivity contribution in [1.29, 1.82) is 0 Å². The van der Waals surface area contributed by atoms with Gasteiger partial charge in [0.2, 0.25) is 17.5 Å². The van der Waals surface area contributed by atoms with Gasteiger partial charge < -0.3 is 27.5 Å². The first-order valence-corrected chi connectivity index (χ1v) is 22.8. The van der Waals surface area contributed by atoms with Crippen molar-refractivity contribution in [2.75, 3.05) is 29.9 Å². The van der Waals surface area contributed by atoms with Crippen LogP contribution in [0.3, 0.4) is 0 Å². The fraction of sp³-hybridized carbons (Fsp3) is 0.259. The highest BCUT2D eigenvalue weighted by Crippen LogP contribution is 2.51. The SMILES string of the molecule is C[N+]1=C(C=CC=CC=C2N(CCCCCC(=O)NCCC(=O)N3Cc4ccccc4C#Cc4ccccc43)c3ccc4ccccc4c3C2(C)C)C(C)(C)c2c1ccc1ccccc21.[Cl-]. The number of nitrogens with one attached hydrogen (secondary N) is 1. The van der Waals surface area contributed by atoms with Crippen molar-refractivity contribution in [3.05, 3.63) is 185 Å². The summed E-state index contributed by atoms with van der Waals surface area (Å²) in [5.41, 5.74) is 11.0. The van der Waals surface area contributed by atoms with Gasteiger partial charge in [-0.2, -0.15) is 4.58 Å². The van der Waals surface area contributed by atoms with Crippen LogP contribution >= 0.6 is 0 Å². The molecule has 328 valence electrons. The molecule has 0 bridgehead atoms. The highest BCUT2D eigenvalue weighted by Gasteiger charge is 2.44. The van der Waals surface area contributed by atoms with Crippen LogP contribution < -0.4 is 27.5 Å². The first kappa shape index (κ1) is 44.9. The van der Waals surface area contributed by atoms with Crippen molar-refractivity contribution in [3.63, 3.8) is 0 Å². The van der Waals surface area contributed by atoms with Crippen LogP contribution in [0.15, 0.2) is 157 Å². The molecule has 0 atom stereocenters. The molecule has 6 nitrogen and oxygen atoms in total. The van der Waals surface area contributed by atoms with E-state index in [-0.39, 0.29) is 41.5 Å². The number of unbranched alkanes of at least 4 members (excludes halogenated alkanes) is 2. The molecule has 0 spiro atoms. The monoisotopic (exact) mass is 876 g/mol. The molecule has 0 saturated heterocycles. The van der Waals surface area contributed by atoms with Crippen LogP contribution in [0.1, 0.15) is 87.6 Å². The normalized spacial score (nSPS) is 16.2. The van der Waals surface area contributed by atoms with Gasteiger partial charge >= 0.3 is 0 Å². The smallest absolute Gasteiger partial charge is 0.229 e. The maximum absolute atomic E-state index is 13.6. The van der Waals surface area contributed by atoms with Crippen molar-refractivity contribution in [2.24, 2.45) is 0 Å². The minimum absolute atomic E-state index is 0. The number of halogens is 1. The minimum Gasteiger partial charge on any atom is -1.00 e. The Morgan fingerprint density at radius 1 is 0.677 bits per heavy atom. The fourth-order valence-corrected chi connectivity index (χ4v) is 10.3. The Bertz CT molecular complexity index is 3010. The summed E-state index contributed by atoms with van der Waals surface area (Å²) in [6.45, 7) is 10.9. The van der Waals surface area contributed by atoms with E-state index in [0.717, 1.165) is 48.2 Å². The molecule has 0 aliphatic carbocycles. The molecule has 0 radical (unpaired) electrons. The first-order chi connectivity index (χ1) is 31.0. The van der Waals surface area contributed by atoms with Gasteiger partial charge in [0, 0.05) is 71.6 Å². The number of fused-ring (bicyclic) bond motifs is 8. The molecule has 65 heavy (non-hydrogen) atoms. The van der Waals surface area contributed by atoms with E-state index in [4.69, 9.17) is 0 Å². The maximum Gasteiger partial charge on any atom is 0.229 e. The van der Waals surface area contributed by atoms with E-state index in [9.17, 15) is 9.59 Å². The number of para-hydroxylation sites is 1. The minimum atomic E-state index is -0.210. The van der Waals surface area contributed by atoms with Crippen molar-refractivity contribution in [3.8, 4) is 11.8 Å². The summed E-state index contributed by atoms with van der Waals surface area (Å²) in [6.07, 6.45) is 14.4. The molecule has 1 N–H and O–H groups in total. The number of hydrogen-bond acceptors (Lipinski definition) is 3. The molecular weight excluding hydrogens is 820 g/mol. The standard InChI is InChI=1S/C58H56N4O2.ClH/c1-57(2)51(60(5)49-35-33-42-21-13-16-25-46(42)55(49)57)28-8-6-9-29-52-58(3,4)56-47-26-17-14-22-43(47)34-36-50(56)61(52)39-19-7-10-30-53(63)59-38-37-54(64)62-40-45-24-12-11-20-41(45)31-32-44-23-15-18-27-48(44)62;/h6,8-9,11-18,20-29,33-36H,7,10,19,30,37-40H2,1-5H3;1H. The number of rotatable bonds is 12. The van der Waals surface area contributed by atoms with Crippen LogP contribution in [-0.4, -0.2) is 42.2 Å². The van der Waals surface area contributed by atoms with Crippen molar-refractivity contribution in [1.82, 2.24) is 5.32 Å². The molecule has 6 aromatic rings. The lowest BCUT2D eigenvalue weighted by molar-refractivity contribution is -0.401. The van der Waals surface area contributed by atoms with Crippen LogP contribution in [0.25, 0.3) is 21.5 Å². The molecule has 3 heterocycles. The Hall–Kier alpha value is -6.68. The van der Waals surface area contributed by atoms with E-state index in [2.05, 4.69) is 165 Å². The van der Waals surface area contributed by atoms with Crippen LogP contribution in [0.2, 0.25) is 0 Å². The second-order valence-electron chi connectivity index (χ2n) is 18.3. The molecule has 3 aliphatic rings. The number of benzene rings is 6. The van der Waals surface area contributed by atoms with Gasteiger partial charge in [-0.25, -0.2) is 0 Å². The highest BCUT2D eigenvalue weighted by molar-refractivity contribution is 6.07. The summed E-state index contributed by atoms with van der Waals surface area (Å²) in [5, 5.41) is 8.16. The number of nitrogens with zero attached hydrogens (tertiary/aromatic N) is 3. The molecule has 7 heteroatoms. The van der Waals surface area contributed by atoms with E-state index < -0.39 is 0 Å². The second kappa shape index (κ2) is 18.8. The van der Waals surface area contributed by atoms with Crippen LogP contribution in [0, 0.1) is 11.8 Å². The van der Waals surface area contributed by atoms with E-state index in [1.54, 1.807) is 4.90 Å². The van der Waals surface area contributed by atoms with Crippen molar-refractivity contribution in [2.45, 2.75) is 77.2 Å². The summed E-state index contributed by atoms with van der Waals surface area (Å²) < 4.78 is 2.34. The molecular formula is C58H57ClN4O2.